The first-order valence-electron chi connectivity index (χ1n) is 6.94. The molecule has 0 spiro atoms. The summed E-state index contributed by atoms with van der Waals surface area (Å²) in [5.41, 5.74) is 2.09. The fourth-order valence-electron chi connectivity index (χ4n) is 2.11. The van der Waals surface area contributed by atoms with Crippen LogP contribution in [-0.4, -0.2) is 15.8 Å². The monoisotopic (exact) mass is 286 g/mol. The van der Waals surface area contributed by atoms with Gasteiger partial charge in [0.1, 0.15) is 5.82 Å². The maximum absolute atomic E-state index is 13.7. The number of hydrogen-bond donors (Lipinski definition) is 1. The number of nitriles is 1. The van der Waals surface area contributed by atoms with Crippen LogP contribution in [0.3, 0.4) is 0 Å². The van der Waals surface area contributed by atoms with Gasteiger partial charge in [0.2, 0.25) is 0 Å². The quantitative estimate of drug-likeness (QED) is 0.919. The Kier molecular flexibility index (Phi) is 4.71. The van der Waals surface area contributed by atoms with Crippen LogP contribution in [0.2, 0.25) is 0 Å². The molecule has 0 saturated heterocycles. The molecular formula is C16H19FN4. The van der Waals surface area contributed by atoms with Gasteiger partial charge in [-0.3, -0.25) is 4.68 Å². The summed E-state index contributed by atoms with van der Waals surface area (Å²) >= 11 is 0. The van der Waals surface area contributed by atoms with Crippen LogP contribution in [0.1, 0.15) is 36.6 Å². The maximum Gasteiger partial charge on any atom is 0.127 e. The van der Waals surface area contributed by atoms with Crippen molar-refractivity contribution in [1.82, 2.24) is 15.1 Å². The molecule has 110 valence electrons. The number of benzene rings is 1. The predicted molar refractivity (Wildman–Crippen MR) is 79.1 cm³/mol. The molecule has 5 heteroatoms. The molecule has 4 nitrogen and oxygen atoms in total. The van der Waals surface area contributed by atoms with Crippen molar-refractivity contribution in [3.8, 4) is 6.07 Å². The Labute approximate surface area is 124 Å². The van der Waals surface area contributed by atoms with Gasteiger partial charge in [0.25, 0.3) is 0 Å². The lowest BCUT2D eigenvalue weighted by atomic mass is 10.1. The third-order valence-corrected chi connectivity index (χ3v) is 3.66. The lowest BCUT2D eigenvalue weighted by Crippen LogP contribution is -2.33. The van der Waals surface area contributed by atoms with E-state index in [-0.39, 0.29) is 17.9 Å². The topological polar surface area (TPSA) is 53.6 Å². The van der Waals surface area contributed by atoms with E-state index in [2.05, 4.69) is 17.3 Å². The van der Waals surface area contributed by atoms with Gasteiger partial charge in [0.15, 0.2) is 0 Å². The van der Waals surface area contributed by atoms with Crippen LogP contribution in [-0.2, 0) is 6.54 Å². The van der Waals surface area contributed by atoms with E-state index >= 15 is 0 Å². The zero-order chi connectivity index (χ0) is 15.4. The van der Waals surface area contributed by atoms with Crippen molar-refractivity contribution in [2.24, 2.45) is 0 Å². The summed E-state index contributed by atoms with van der Waals surface area (Å²) in [6.07, 6.45) is 3.80. The van der Waals surface area contributed by atoms with Gasteiger partial charge < -0.3 is 5.32 Å². The summed E-state index contributed by atoms with van der Waals surface area (Å²) in [7, 11) is 0. The molecule has 0 fully saturated rings. The number of nitrogens with one attached hydrogen (secondary N) is 1. The van der Waals surface area contributed by atoms with Gasteiger partial charge in [0.05, 0.1) is 23.9 Å². The SMILES string of the molecule is Cc1cnn([C@@H](C)[C@@H](C)NCc2cc(C#N)ccc2F)c1. The van der Waals surface area contributed by atoms with Gasteiger partial charge in [-0.25, -0.2) is 4.39 Å². The average molecular weight is 286 g/mol. The summed E-state index contributed by atoms with van der Waals surface area (Å²) in [5.74, 6) is -0.295. The summed E-state index contributed by atoms with van der Waals surface area (Å²) in [6.45, 7) is 6.48. The number of aromatic nitrogens is 2. The Morgan fingerprint density at radius 1 is 1.43 bits per heavy atom. The smallest absolute Gasteiger partial charge is 0.127 e. The summed E-state index contributed by atoms with van der Waals surface area (Å²) < 4.78 is 15.6. The summed E-state index contributed by atoms with van der Waals surface area (Å²) in [4.78, 5) is 0. The molecule has 0 aliphatic carbocycles. The molecule has 1 aromatic carbocycles. The van der Waals surface area contributed by atoms with E-state index in [9.17, 15) is 4.39 Å². The molecule has 21 heavy (non-hydrogen) atoms. The van der Waals surface area contributed by atoms with Gasteiger partial charge in [0, 0.05) is 24.3 Å². The normalized spacial score (nSPS) is 13.7. The van der Waals surface area contributed by atoms with E-state index in [1.54, 1.807) is 6.07 Å². The zero-order valence-corrected chi connectivity index (χ0v) is 12.5. The predicted octanol–water partition coefficient (Wildman–Crippen LogP) is 2.94. The van der Waals surface area contributed by atoms with Crippen molar-refractivity contribution >= 4 is 0 Å². The third kappa shape index (κ3) is 3.67. The molecule has 0 unspecified atom stereocenters. The molecule has 1 heterocycles. The highest BCUT2D eigenvalue weighted by atomic mass is 19.1. The van der Waals surface area contributed by atoms with Crippen LogP contribution in [0, 0.1) is 24.1 Å². The lowest BCUT2D eigenvalue weighted by Gasteiger charge is -2.22. The molecule has 0 aliphatic rings. The van der Waals surface area contributed by atoms with Crippen LogP contribution in [0.5, 0.6) is 0 Å². The number of aryl methyl sites for hydroxylation is 1. The first-order valence-corrected chi connectivity index (χ1v) is 6.94. The standard InChI is InChI=1S/C16H19FN4/c1-11-8-20-21(10-11)13(3)12(2)19-9-15-6-14(7-18)4-5-16(15)17/h4-6,8,10,12-13,19H,9H2,1-3H3/t12-,13+/m1/s1. The van der Waals surface area contributed by atoms with E-state index in [1.807, 2.05) is 37.0 Å². The second kappa shape index (κ2) is 6.51. The molecule has 0 bridgehead atoms. The Bertz CT molecular complexity index is 657. The van der Waals surface area contributed by atoms with Gasteiger partial charge in [-0.1, -0.05) is 0 Å². The van der Waals surface area contributed by atoms with Gasteiger partial charge in [-0.2, -0.15) is 10.4 Å². The summed E-state index contributed by atoms with van der Waals surface area (Å²) in [5, 5.41) is 16.4. The third-order valence-electron chi connectivity index (χ3n) is 3.66. The number of nitrogens with zero attached hydrogens (tertiary/aromatic N) is 3. The Hall–Kier alpha value is -2.19. The maximum atomic E-state index is 13.7. The van der Waals surface area contributed by atoms with Gasteiger partial charge in [-0.15, -0.1) is 0 Å². The van der Waals surface area contributed by atoms with Gasteiger partial charge >= 0.3 is 0 Å². The Balaban J connectivity index is 2.01. The fourth-order valence-corrected chi connectivity index (χ4v) is 2.11. The van der Waals surface area contributed by atoms with Crippen molar-refractivity contribution in [1.29, 1.82) is 5.26 Å². The van der Waals surface area contributed by atoms with Crippen LogP contribution in [0.25, 0.3) is 0 Å². The van der Waals surface area contributed by atoms with Crippen molar-refractivity contribution in [2.75, 3.05) is 0 Å². The molecule has 1 aromatic heterocycles. The summed E-state index contributed by atoms with van der Waals surface area (Å²) in [6, 6.07) is 6.70. The van der Waals surface area contributed by atoms with E-state index < -0.39 is 0 Å². The molecule has 0 amide bonds. The molecule has 2 atom stereocenters. The Morgan fingerprint density at radius 2 is 2.19 bits per heavy atom. The lowest BCUT2D eigenvalue weighted by molar-refractivity contribution is 0.363. The fraction of sp³-hybridized carbons (Fsp3) is 0.375. The van der Waals surface area contributed by atoms with E-state index in [0.717, 1.165) is 5.56 Å². The number of halogens is 1. The zero-order valence-electron chi connectivity index (χ0n) is 12.5. The second-order valence-electron chi connectivity index (χ2n) is 5.33. The highest BCUT2D eigenvalue weighted by Gasteiger charge is 2.15. The number of rotatable bonds is 5. The van der Waals surface area contributed by atoms with Crippen molar-refractivity contribution in [3.63, 3.8) is 0 Å². The van der Waals surface area contributed by atoms with Gasteiger partial charge in [-0.05, 0) is 44.5 Å². The van der Waals surface area contributed by atoms with Crippen LogP contribution < -0.4 is 5.32 Å². The first kappa shape index (κ1) is 15.2. The molecule has 0 radical (unpaired) electrons. The minimum atomic E-state index is -0.295. The van der Waals surface area contributed by atoms with Crippen LogP contribution >= 0.6 is 0 Å². The molecule has 0 saturated carbocycles. The van der Waals surface area contributed by atoms with E-state index in [1.165, 1.54) is 12.1 Å². The highest BCUT2D eigenvalue weighted by molar-refractivity contribution is 5.33. The first-order chi connectivity index (χ1) is 10.0. The molecule has 0 aliphatic heterocycles. The highest BCUT2D eigenvalue weighted by Crippen LogP contribution is 2.14. The average Bonchev–Trinajstić information content (AvgIpc) is 2.91. The molecule has 2 rings (SSSR count). The molecule has 2 aromatic rings. The largest absolute Gasteiger partial charge is 0.308 e. The second-order valence-corrected chi connectivity index (χ2v) is 5.33. The van der Waals surface area contributed by atoms with Crippen LogP contribution in [0.4, 0.5) is 4.39 Å². The Morgan fingerprint density at radius 3 is 2.81 bits per heavy atom. The van der Waals surface area contributed by atoms with Crippen molar-refractivity contribution in [3.05, 3.63) is 53.1 Å². The van der Waals surface area contributed by atoms with E-state index in [4.69, 9.17) is 5.26 Å². The molecular weight excluding hydrogens is 267 g/mol. The minimum Gasteiger partial charge on any atom is -0.308 e. The number of hydrogen-bond acceptors (Lipinski definition) is 3. The van der Waals surface area contributed by atoms with Crippen molar-refractivity contribution < 1.29 is 4.39 Å². The molecule has 1 N–H and O–H groups in total. The van der Waals surface area contributed by atoms with Crippen molar-refractivity contribution in [2.45, 2.75) is 39.4 Å². The minimum absolute atomic E-state index is 0.120. The van der Waals surface area contributed by atoms with Crippen LogP contribution in [0.15, 0.2) is 30.6 Å². The van der Waals surface area contributed by atoms with E-state index in [0.29, 0.717) is 17.7 Å².